The van der Waals surface area contributed by atoms with E-state index < -0.39 is 0 Å². The molecule has 0 N–H and O–H groups in total. The Balaban J connectivity index is 1.41. The van der Waals surface area contributed by atoms with Crippen molar-refractivity contribution in [2.75, 3.05) is 31.6 Å². The Morgan fingerprint density at radius 2 is 1.82 bits per heavy atom. The zero-order valence-corrected chi connectivity index (χ0v) is 15.9. The Morgan fingerprint density at radius 1 is 1.11 bits per heavy atom. The highest BCUT2D eigenvalue weighted by molar-refractivity contribution is 5.96. The van der Waals surface area contributed by atoms with Gasteiger partial charge in [0.15, 0.2) is 0 Å². The topological polar surface area (TPSA) is 49.9 Å². The van der Waals surface area contributed by atoms with Crippen LogP contribution in [-0.2, 0) is 16.0 Å². The molecule has 0 aliphatic carbocycles. The fraction of sp³-hybridized carbons (Fsp3) is 0.364. The number of rotatable bonds is 4. The number of carbonyl (C=O) groups is 2. The first-order valence-corrected chi connectivity index (χ1v) is 9.45. The van der Waals surface area contributed by atoms with E-state index in [1.165, 1.54) is 12.1 Å². The van der Waals surface area contributed by atoms with Gasteiger partial charge < -0.3 is 14.5 Å². The van der Waals surface area contributed by atoms with Crippen LogP contribution in [0.25, 0.3) is 0 Å². The van der Waals surface area contributed by atoms with Crippen molar-refractivity contribution in [1.82, 2.24) is 4.90 Å². The van der Waals surface area contributed by atoms with Crippen LogP contribution >= 0.6 is 0 Å². The SMILES string of the molecule is COc1ccc(N2C[C@]3(CCN(C(=O)Cc4ccc(F)cc4)C3)CC2=O)cc1. The van der Waals surface area contributed by atoms with Crippen molar-refractivity contribution < 1.29 is 18.7 Å². The van der Waals surface area contributed by atoms with Gasteiger partial charge in [0.2, 0.25) is 11.8 Å². The first kappa shape index (κ1) is 18.5. The number of ether oxygens (including phenoxy) is 1. The number of nitrogens with zero attached hydrogens (tertiary/aromatic N) is 2. The van der Waals surface area contributed by atoms with Gasteiger partial charge in [0, 0.05) is 37.2 Å². The monoisotopic (exact) mass is 382 g/mol. The Labute approximate surface area is 163 Å². The van der Waals surface area contributed by atoms with Crippen LogP contribution in [0.2, 0.25) is 0 Å². The summed E-state index contributed by atoms with van der Waals surface area (Å²) in [5.41, 5.74) is 1.48. The van der Waals surface area contributed by atoms with Crippen LogP contribution in [0.4, 0.5) is 10.1 Å². The average Bonchev–Trinajstić information content (AvgIpc) is 3.26. The lowest BCUT2D eigenvalue weighted by Gasteiger charge is -2.24. The minimum atomic E-state index is -0.306. The normalized spacial score (nSPS) is 21.6. The van der Waals surface area contributed by atoms with Crippen LogP contribution in [0.5, 0.6) is 5.75 Å². The highest BCUT2D eigenvalue weighted by atomic mass is 19.1. The Kier molecular flexibility index (Phi) is 4.79. The van der Waals surface area contributed by atoms with E-state index in [9.17, 15) is 14.0 Å². The molecule has 2 aromatic rings. The lowest BCUT2D eigenvalue weighted by atomic mass is 9.86. The van der Waals surface area contributed by atoms with E-state index in [1.54, 1.807) is 19.2 Å². The van der Waals surface area contributed by atoms with Crippen molar-refractivity contribution in [1.29, 1.82) is 0 Å². The zero-order chi connectivity index (χ0) is 19.7. The molecule has 2 aromatic carbocycles. The molecular formula is C22H23FN2O3. The number of amides is 2. The number of methoxy groups -OCH3 is 1. The Hall–Kier alpha value is -2.89. The van der Waals surface area contributed by atoms with Crippen LogP contribution in [0.3, 0.4) is 0 Å². The largest absolute Gasteiger partial charge is 0.497 e. The number of carbonyl (C=O) groups excluding carboxylic acids is 2. The van der Waals surface area contributed by atoms with Crippen molar-refractivity contribution in [3.05, 3.63) is 59.9 Å². The van der Waals surface area contributed by atoms with E-state index in [1.807, 2.05) is 34.1 Å². The number of likely N-dealkylation sites (tertiary alicyclic amines) is 1. The molecule has 2 fully saturated rings. The third-order valence-electron chi connectivity index (χ3n) is 5.76. The smallest absolute Gasteiger partial charge is 0.227 e. The van der Waals surface area contributed by atoms with E-state index in [-0.39, 0.29) is 29.5 Å². The fourth-order valence-corrected chi connectivity index (χ4v) is 4.20. The van der Waals surface area contributed by atoms with Crippen molar-refractivity contribution in [3.8, 4) is 5.75 Å². The summed E-state index contributed by atoms with van der Waals surface area (Å²) in [6.07, 6.45) is 1.53. The average molecular weight is 382 g/mol. The molecular weight excluding hydrogens is 359 g/mol. The van der Waals surface area contributed by atoms with Gasteiger partial charge in [0.05, 0.1) is 13.5 Å². The molecule has 2 amide bonds. The summed E-state index contributed by atoms with van der Waals surface area (Å²) in [7, 11) is 1.61. The van der Waals surface area contributed by atoms with Crippen LogP contribution in [0, 0.1) is 11.2 Å². The zero-order valence-electron chi connectivity index (χ0n) is 15.9. The van der Waals surface area contributed by atoms with Gasteiger partial charge in [-0.2, -0.15) is 0 Å². The maximum absolute atomic E-state index is 13.0. The summed E-state index contributed by atoms with van der Waals surface area (Å²) in [6, 6.07) is 13.5. The molecule has 1 spiro atoms. The van der Waals surface area contributed by atoms with Crippen LogP contribution in [-0.4, -0.2) is 43.5 Å². The van der Waals surface area contributed by atoms with Gasteiger partial charge in [-0.1, -0.05) is 12.1 Å². The van der Waals surface area contributed by atoms with Gasteiger partial charge in [-0.15, -0.1) is 0 Å². The van der Waals surface area contributed by atoms with Crippen molar-refractivity contribution >= 4 is 17.5 Å². The molecule has 146 valence electrons. The summed E-state index contributed by atoms with van der Waals surface area (Å²) in [5, 5.41) is 0. The molecule has 0 saturated carbocycles. The third kappa shape index (κ3) is 3.59. The van der Waals surface area contributed by atoms with Crippen molar-refractivity contribution in [3.63, 3.8) is 0 Å². The second-order valence-electron chi connectivity index (χ2n) is 7.72. The molecule has 0 aromatic heterocycles. The van der Waals surface area contributed by atoms with Crippen molar-refractivity contribution in [2.45, 2.75) is 19.3 Å². The summed E-state index contributed by atoms with van der Waals surface area (Å²) in [4.78, 5) is 29.0. The maximum Gasteiger partial charge on any atom is 0.227 e. The predicted molar refractivity (Wildman–Crippen MR) is 104 cm³/mol. The van der Waals surface area contributed by atoms with Gasteiger partial charge in [0.25, 0.3) is 0 Å². The molecule has 0 radical (unpaired) electrons. The molecule has 0 unspecified atom stereocenters. The number of benzene rings is 2. The van der Waals surface area contributed by atoms with E-state index in [4.69, 9.17) is 4.74 Å². The Bertz CT molecular complexity index is 882. The van der Waals surface area contributed by atoms with Gasteiger partial charge in [-0.05, 0) is 48.4 Å². The lowest BCUT2D eigenvalue weighted by Crippen LogP contribution is -2.34. The summed E-state index contributed by atoms with van der Waals surface area (Å²) in [5.74, 6) is 0.569. The molecule has 6 heteroatoms. The minimum Gasteiger partial charge on any atom is -0.497 e. The molecule has 4 rings (SSSR count). The van der Waals surface area contributed by atoms with Crippen LogP contribution < -0.4 is 9.64 Å². The number of hydrogen-bond acceptors (Lipinski definition) is 3. The summed E-state index contributed by atoms with van der Waals surface area (Å²) in [6.45, 7) is 1.87. The van der Waals surface area contributed by atoms with Gasteiger partial charge >= 0.3 is 0 Å². The van der Waals surface area contributed by atoms with E-state index >= 15 is 0 Å². The molecule has 1 atom stereocenters. The number of halogens is 1. The van der Waals surface area contributed by atoms with Gasteiger partial charge in [-0.25, -0.2) is 4.39 Å². The molecule has 28 heavy (non-hydrogen) atoms. The first-order chi connectivity index (χ1) is 13.5. The lowest BCUT2D eigenvalue weighted by molar-refractivity contribution is -0.130. The van der Waals surface area contributed by atoms with Crippen molar-refractivity contribution in [2.24, 2.45) is 5.41 Å². The standard InChI is InChI=1S/C22H23FN2O3/c1-28-19-8-6-18(7-9-19)25-15-22(13-21(25)27)10-11-24(14-22)20(26)12-16-2-4-17(23)5-3-16/h2-9H,10-15H2,1H3/t22-/m1/s1. The highest BCUT2D eigenvalue weighted by Crippen LogP contribution is 2.42. The number of hydrogen-bond donors (Lipinski definition) is 0. The summed E-state index contributed by atoms with van der Waals surface area (Å²) >= 11 is 0. The highest BCUT2D eigenvalue weighted by Gasteiger charge is 2.48. The summed E-state index contributed by atoms with van der Waals surface area (Å²) < 4.78 is 18.2. The molecule has 2 aliphatic rings. The molecule has 5 nitrogen and oxygen atoms in total. The second kappa shape index (κ2) is 7.26. The van der Waals surface area contributed by atoms with E-state index in [0.717, 1.165) is 23.4 Å². The maximum atomic E-state index is 13.0. The molecule has 2 heterocycles. The molecule has 2 saturated heterocycles. The number of anilines is 1. The Morgan fingerprint density at radius 3 is 2.50 bits per heavy atom. The predicted octanol–water partition coefficient (Wildman–Crippen LogP) is 3.03. The minimum absolute atomic E-state index is 0.0267. The van der Waals surface area contributed by atoms with Gasteiger partial charge in [0.1, 0.15) is 11.6 Å². The quantitative estimate of drug-likeness (QED) is 0.817. The molecule has 0 bridgehead atoms. The third-order valence-corrected chi connectivity index (χ3v) is 5.76. The van der Waals surface area contributed by atoms with Gasteiger partial charge in [-0.3, -0.25) is 9.59 Å². The second-order valence-corrected chi connectivity index (χ2v) is 7.72. The first-order valence-electron chi connectivity index (χ1n) is 9.45. The van der Waals surface area contributed by atoms with Crippen LogP contribution in [0.15, 0.2) is 48.5 Å². The fourth-order valence-electron chi connectivity index (χ4n) is 4.20. The van der Waals surface area contributed by atoms with E-state index in [0.29, 0.717) is 26.1 Å². The van der Waals surface area contributed by atoms with E-state index in [2.05, 4.69) is 0 Å². The van der Waals surface area contributed by atoms with Crippen LogP contribution in [0.1, 0.15) is 18.4 Å². The molecule has 2 aliphatic heterocycles.